The zero-order valence-electron chi connectivity index (χ0n) is 14.2. The lowest BCUT2D eigenvalue weighted by molar-refractivity contribution is 0.0615. The summed E-state index contributed by atoms with van der Waals surface area (Å²) in [5, 5.41) is 6.06. The number of carbonyl (C=O) groups is 1. The van der Waals surface area contributed by atoms with Gasteiger partial charge in [-0.3, -0.25) is 9.69 Å². The summed E-state index contributed by atoms with van der Waals surface area (Å²) in [5.41, 5.74) is 0.750. The van der Waals surface area contributed by atoms with Crippen molar-refractivity contribution in [1.29, 1.82) is 0 Å². The summed E-state index contributed by atoms with van der Waals surface area (Å²) in [4.78, 5) is 21.2. The summed E-state index contributed by atoms with van der Waals surface area (Å²) in [5.74, 6) is 1.38. The molecule has 2 aromatic carbocycles. The van der Waals surface area contributed by atoms with Gasteiger partial charge in [-0.1, -0.05) is 35.5 Å². The first kappa shape index (κ1) is 15.8. The van der Waals surface area contributed by atoms with Crippen molar-refractivity contribution in [2.75, 3.05) is 26.2 Å². The normalized spacial score (nSPS) is 15.6. The van der Waals surface area contributed by atoms with E-state index in [-0.39, 0.29) is 5.91 Å². The van der Waals surface area contributed by atoms with E-state index in [2.05, 4.69) is 21.1 Å². The van der Waals surface area contributed by atoms with Crippen LogP contribution in [-0.2, 0) is 6.54 Å². The Morgan fingerprint density at radius 2 is 1.84 bits per heavy atom. The maximum absolute atomic E-state index is 12.8. The third-order valence-electron chi connectivity index (χ3n) is 4.58. The minimum absolute atomic E-state index is 0.0963. The van der Waals surface area contributed by atoms with Gasteiger partial charge < -0.3 is 9.42 Å². The molecule has 0 bridgehead atoms. The number of rotatable bonds is 3. The van der Waals surface area contributed by atoms with Crippen LogP contribution < -0.4 is 0 Å². The van der Waals surface area contributed by atoms with Crippen LogP contribution in [-0.4, -0.2) is 52.0 Å². The van der Waals surface area contributed by atoms with Gasteiger partial charge in [-0.15, -0.1) is 0 Å². The standard InChI is InChI=1S/C19H20N4O2/c1-14-20-18(25-21-14)13-22-8-10-23(11-9-22)19(24)17-7-6-15-4-2-3-5-16(15)12-17/h2-7,12H,8-11,13H2,1H3. The van der Waals surface area contributed by atoms with E-state index in [1.54, 1.807) is 0 Å². The summed E-state index contributed by atoms with van der Waals surface area (Å²) in [6, 6.07) is 14.0. The number of hydrogen-bond acceptors (Lipinski definition) is 5. The molecule has 1 saturated heterocycles. The first-order chi connectivity index (χ1) is 12.2. The number of benzene rings is 2. The molecule has 0 aliphatic carbocycles. The van der Waals surface area contributed by atoms with Gasteiger partial charge in [-0.2, -0.15) is 4.98 Å². The SMILES string of the molecule is Cc1noc(CN2CCN(C(=O)c3ccc4ccccc4c3)CC2)n1. The van der Waals surface area contributed by atoms with Gasteiger partial charge in [0.05, 0.1) is 6.54 Å². The van der Waals surface area contributed by atoms with E-state index in [1.807, 2.05) is 48.2 Å². The van der Waals surface area contributed by atoms with E-state index >= 15 is 0 Å². The predicted molar refractivity (Wildman–Crippen MR) is 94.2 cm³/mol. The lowest BCUT2D eigenvalue weighted by atomic mass is 10.1. The van der Waals surface area contributed by atoms with E-state index in [0.29, 0.717) is 31.3 Å². The summed E-state index contributed by atoms with van der Waals surface area (Å²) in [7, 11) is 0. The molecular formula is C19H20N4O2. The van der Waals surface area contributed by atoms with Crippen molar-refractivity contribution in [2.24, 2.45) is 0 Å². The van der Waals surface area contributed by atoms with Crippen molar-refractivity contribution in [3.63, 3.8) is 0 Å². The first-order valence-corrected chi connectivity index (χ1v) is 8.49. The molecule has 1 aliphatic heterocycles. The lowest BCUT2D eigenvalue weighted by Gasteiger charge is -2.34. The van der Waals surface area contributed by atoms with Crippen LogP contribution in [0.25, 0.3) is 10.8 Å². The van der Waals surface area contributed by atoms with Gasteiger partial charge in [-0.25, -0.2) is 0 Å². The molecular weight excluding hydrogens is 316 g/mol. The molecule has 0 N–H and O–H groups in total. The van der Waals surface area contributed by atoms with Crippen LogP contribution in [0.15, 0.2) is 47.0 Å². The van der Waals surface area contributed by atoms with Gasteiger partial charge >= 0.3 is 0 Å². The second-order valence-electron chi connectivity index (χ2n) is 6.37. The number of carbonyl (C=O) groups excluding carboxylic acids is 1. The Hall–Kier alpha value is -2.73. The largest absolute Gasteiger partial charge is 0.338 e. The minimum atomic E-state index is 0.0963. The van der Waals surface area contributed by atoms with Gasteiger partial charge in [0, 0.05) is 31.7 Å². The molecule has 1 aliphatic rings. The number of aromatic nitrogens is 2. The van der Waals surface area contributed by atoms with Gasteiger partial charge in [0.15, 0.2) is 5.82 Å². The van der Waals surface area contributed by atoms with Gasteiger partial charge in [0.2, 0.25) is 5.89 Å². The smallest absolute Gasteiger partial charge is 0.253 e. The molecule has 0 radical (unpaired) electrons. The Balaban J connectivity index is 1.40. The zero-order valence-corrected chi connectivity index (χ0v) is 14.2. The fourth-order valence-electron chi connectivity index (χ4n) is 3.21. The van der Waals surface area contributed by atoms with Gasteiger partial charge in [0.25, 0.3) is 5.91 Å². The van der Waals surface area contributed by atoms with Crippen LogP contribution in [0, 0.1) is 6.92 Å². The highest BCUT2D eigenvalue weighted by Gasteiger charge is 2.23. The monoisotopic (exact) mass is 336 g/mol. The van der Waals surface area contributed by atoms with E-state index in [4.69, 9.17) is 4.52 Å². The molecule has 6 heteroatoms. The number of nitrogens with zero attached hydrogens (tertiary/aromatic N) is 4. The highest BCUT2D eigenvalue weighted by atomic mass is 16.5. The molecule has 2 heterocycles. The third kappa shape index (κ3) is 3.39. The van der Waals surface area contributed by atoms with Gasteiger partial charge in [0.1, 0.15) is 0 Å². The number of amides is 1. The number of fused-ring (bicyclic) bond motifs is 1. The maximum Gasteiger partial charge on any atom is 0.253 e. The number of piperazine rings is 1. The molecule has 1 aromatic heterocycles. The number of hydrogen-bond donors (Lipinski definition) is 0. The first-order valence-electron chi connectivity index (χ1n) is 8.49. The molecule has 1 amide bonds. The maximum atomic E-state index is 12.8. The quantitative estimate of drug-likeness (QED) is 0.735. The van der Waals surface area contributed by atoms with E-state index in [9.17, 15) is 4.79 Å². The second kappa shape index (κ2) is 6.64. The molecule has 0 saturated carbocycles. The molecule has 4 rings (SSSR count). The van der Waals surface area contributed by atoms with Crippen molar-refractivity contribution in [3.05, 3.63) is 59.7 Å². The van der Waals surface area contributed by atoms with Crippen molar-refractivity contribution in [1.82, 2.24) is 19.9 Å². The zero-order chi connectivity index (χ0) is 17.2. The Bertz CT molecular complexity index is 897. The van der Waals surface area contributed by atoms with Crippen LogP contribution in [0.5, 0.6) is 0 Å². The van der Waals surface area contributed by atoms with Crippen molar-refractivity contribution >= 4 is 16.7 Å². The molecule has 0 atom stereocenters. The molecule has 0 unspecified atom stereocenters. The van der Waals surface area contributed by atoms with Crippen molar-refractivity contribution in [3.8, 4) is 0 Å². The molecule has 128 valence electrons. The summed E-state index contributed by atoms with van der Waals surface area (Å²) >= 11 is 0. The summed E-state index contributed by atoms with van der Waals surface area (Å²) in [6.45, 7) is 5.48. The summed E-state index contributed by atoms with van der Waals surface area (Å²) < 4.78 is 5.17. The van der Waals surface area contributed by atoms with Crippen LogP contribution >= 0.6 is 0 Å². The van der Waals surface area contributed by atoms with E-state index in [1.165, 1.54) is 0 Å². The second-order valence-corrected chi connectivity index (χ2v) is 6.37. The highest BCUT2D eigenvalue weighted by Crippen LogP contribution is 2.18. The Morgan fingerprint density at radius 3 is 2.56 bits per heavy atom. The van der Waals surface area contributed by atoms with Crippen LogP contribution in [0.4, 0.5) is 0 Å². The molecule has 1 fully saturated rings. The molecule has 0 spiro atoms. The Labute approximate surface area is 146 Å². The van der Waals surface area contributed by atoms with Crippen LogP contribution in [0.1, 0.15) is 22.1 Å². The Morgan fingerprint density at radius 1 is 1.08 bits per heavy atom. The average Bonchev–Trinajstić information content (AvgIpc) is 3.06. The average molecular weight is 336 g/mol. The summed E-state index contributed by atoms with van der Waals surface area (Å²) in [6.07, 6.45) is 0. The third-order valence-corrected chi connectivity index (χ3v) is 4.58. The van der Waals surface area contributed by atoms with E-state index in [0.717, 1.165) is 29.4 Å². The number of aryl methyl sites for hydroxylation is 1. The van der Waals surface area contributed by atoms with Crippen molar-refractivity contribution in [2.45, 2.75) is 13.5 Å². The molecule has 25 heavy (non-hydrogen) atoms. The van der Waals surface area contributed by atoms with E-state index < -0.39 is 0 Å². The Kier molecular flexibility index (Phi) is 4.19. The van der Waals surface area contributed by atoms with Crippen LogP contribution in [0.3, 0.4) is 0 Å². The topological polar surface area (TPSA) is 62.5 Å². The molecule has 3 aromatic rings. The van der Waals surface area contributed by atoms with Crippen molar-refractivity contribution < 1.29 is 9.32 Å². The highest BCUT2D eigenvalue weighted by molar-refractivity contribution is 5.98. The fourth-order valence-corrected chi connectivity index (χ4v) is 3.21. The molecule has 6 nitrogen and oxygen atoms in total. The predicted octanol–water partition coefficient (Wildman–Crippen LogP) is 2.49. The fraction of sp³-hybridized carbons (Fsp3) is 0.316. The van der Waals surface area contributed by atoms with Gasteiger partial charge in [-0.05, 0) is 29.8 Å². The minimum Gasteiger partial charge on any atom is -0.338 e. The van der Waals surface area contributed by atoms with Crippen LogP contribution in [0.2, 0.25) is 0 Å². The lowest BCUT2D eigenvalue weighted by Crippen LogP contribution is -2.48.